The fourth-order valence-electron chi connectivity index (χ4n) is 2.60. The van der Waals surface area contributed by atoms with E-state index >= 15 is 0 Å². The Bertz CT molecular complexity index is 1090. The third kappa shape index (κ3) is 5.73. The molecule has 0 fully saturated rings. The molecule has 3 aromatic carbocycles. The zero-order valence-electron chi connectivity index (χ0n) is 15.6. The molecule has 0 bridgehead atoms. The van der Waals surface area contributed by atoms with Gasteiger partial charge in [0.1, 0.15) is 12.3 Å². The van der Waals surface area contributed by atoms with E-state index < -0.39 is 15.9 Å². The highest BCUT2D eigenvalue weighted by Gasteiger charge is 2.21. The van der Waals surface area contributed by atoms with Gasteiger partial charge in [0.2, 0.25) is 15.9 Å². The number of carbonyl (C=O) groups excluding carboxylic acids is 1. The fourth-order valence-corrected chi connectivity index (χ4v) is 3.58. The molecule has 0 atom stereocenters. The number of para-hydroxylation sites is 3. The normalized spacial score (nSPS) is 11.0. The van der Waals surface area contributed by atoms with Crippen molar-refractivity contribution < 1.29 is 17.9 Å². The second-order valence-corrected chi connectivity index (χ2v) is 8.55. The highest BCUT2D eigenvalue weighted by Crippen LogP contribution is 2.29. The first kappa shape index (κ1) is 20.7. The molecule has 3 aromatic rings. The van der Waals surface area contributed by atoms with Gasteiger partial charge in [-0.15, -0.1) is 0 Å². The summed E-state index contributed by atoms with van der Waals surface area (Å²) in [5.74, 6) is 0.562. The van der Waals surface area contributed by atoms with Crippen LogP contribution in [0.4, 0.5) is 11.4 Å². The van der Waals surface area contributed by atoms with Crippen molar-refractivity contribution in [1.29, 1.82) is 0 Å². The van der Waals surface area contributed by atoms with Gasteiger partial charge in [0.25, 0.3) is 0 Å². The zero-order valence-corrected chi connectivity index (χ0v) is 17.2. The van der Waals surface area contributed by atoms with Crippen molar-refractivity contribution in [1.82, 2.24) is 0 Å². The summed E-state index contributed by atoms with van der Waals surface area (Å²) in [6.45, 7) is -0.389. The molecule has 0 heterocycles. The Hall–Kier alpha value is -3.03. The minimum atomic E-state index is -3.68. The lowest BCUT2D eigenvalue weighted by atomic mass is 10.2. The van der Waals surface area contributed by atoms with Crippen LogP contribution in [0.15, 0.2) is 78.9 Å². The zero-order chi connectivity index (χ0) is 20.9. The number of sulfonamides is 1. The predicted molar refractivity (Wildman–Crippen MR) is 115 cm³/mol. The summed E-state index contributed by atoms with van der Waals surface area (Å²) in [6.07, 6.45) is 1.04. The van der Waals surface area contributed by atoms with Gasteiger partial charge in [-0.3, -0.25) is 9.10 Å². The van der Waals surface area contributed by atoms with Crippen LogP contribution in [-0.4, -0.2) is 27.1 Å². The number of nitrogens with zero attached hydrogens (tertiary/aromatic N) is 1. The predicted octanol–water partition coefficient (Wildman–Crippen LogP) is 4.54. The Kier molecular flexibility index (Phi) is 6.41. The molecular weight excluding hydrogens is 412 g/mol. The maximum Gasteiger partial charge on any atom is 0.245 e. The van der Waals surface area contributed by atoms with Crippen LogP contribution < -0.4 is 14.4 Å². The minimum absolute atomic E-state index is 0.348. The van der Waals surface area contributed by atoms with Crippen molar-refractivity contribution in [2.45, 2.75) is 0 Å². The van der Waals surface area contributed by atoms with Crippen LogP contribution in [0.2, 0.25) is 5.02 Å². The minimum Gasteiger partial charge on any atom is -0.455 e. The SMILES string of the molecule is CS(=O)(=O)N(CC(=O)Nc1ccccc1Oc1ccccc1)c1ccc(Cl)cc1. The molecule has 0 aliphatic heterocycles. The van der Waals surface area contributed by atoms with Gasteiger partial charge in [0, 0.05) is 5.02 Å². The van der Waals surface area contributed by atoms with Crippen LogP contribution in [0.3, 0.4) is 0 Å². The largest absolute Gasteiger partial charge is 0.455 e. The van der Waals surface area contributed by atoms with Crippen molar-refractivity contribution in [3.8, 4) is 11.5 Å². The van der Waals surface area contributed by atoms with Crippen LogP contribution in [0, 0.1) is 0 Å². The van der Waals surface area contributed by atoms with E-state index in [2.05, 4.69) is 5.32 Å². The molecule has 1 N–H and O–H groups in total. The lowest BCUT2D eigenvalue weighted by Crippen LogP contribution is -2.37. The summed E-state index contributed by atoms with van der Waals surface area (Å²) >= 11 is 5.87. The molecule has 0 radical (unpaired) electrons. The van der Waals surface area contributed by atoms with Gasteiger partial charge in [0.05, 0.1) is 17.6 Å². The van der Waals surface area contributed by atoms with E-state index in [0.717, 1.165) is 10.6 Å². The molecule has 0 unspecified atom stereocenters. The Morgan fingerprint density at radius 1 is 0.966 bits per heavy atom. The second-order valence-electron chi connectivity index (χ2n) is 6.21. The van der Waals surface area contributed by atoms with E-state index in [1.54, 1.807) is 60.7 Å². The van der Waals surface area contributed by atoms with Crippen LogP contribution >= 0.6 is 11.6 Å². The van der Waals surface area contributed by atoms with E-state index in [0.29, 0.717) is 27.9 Å². The van der Waals surface area contributed by atoms with Crippen LogP contribution in [0.1, 0.15) is 0 Å². The van der Waals surface area contributed by atoms with E-state index in [-0.39, 0.29) is 6.54 Å². The molecule has 0 spiro atoms. The summed E-state index contributed by atoms with van der Waals surface area (Å²) in [6, 6.07) is 22.3. The van der Waals surface area contributed by atoms with Crippen molar-refractivity contribution in [3.05, 3.63) is 83.9 Å². The standard InChI is InChI=1S/C21H19ClN2O4S/c1-29(26,27)24(17-13-11-16(22)12-14-17)15-21(25)23-19-9-5-6-10-20(19)28-18-7-3-2-4-8-18/h2-14H,15H2,1H3,(H,23,25). The molecule has 6 nitrogen and oxygen atoms in total. The number of anilines is 2. The summed E-state index contributed by atoms with van der Waals surface area (Å²) in [5.41, 5.74) is 0.784. The number of carbonyl (C=O) groups is 1. The molecule has 8 heteroatoms. The van der Waals surface area contributed by atoms with Crippen molar-refractivity contribution in [2.75, 3.05) is 22.4 Å². The lowest BCUT2D eigenvalue weighted by molar-refractivity contribution is -0.114. The second kappa shape index (κ2) is 8.98. The van der Waals surface area contributed by atoms with Crippen molar-refractivity contribution in [2.24, 2.45) is 0 Å². The molecule has 3 rings (SSSR count). The number of benzene rings is 3. The van der Waals surface area contributed by atoms with E-state index in [4.69, 9.17) is 16.3 Å². The van der Waals surface area contributed by atoms with Gasteiger partial charge in [0.15, 0.2) is 5.75 Å². The highest BCUT2D eigenvalue weighted by molar-refractivity contribution is 7.92. The quantitative estimate of drug-likeness (QED) is 0.597. The average molecular weight is 431 g/mol. The summed E-state index contributed by atoms with van der Waals surface area (Å²) in [7, 11) is -3.68. The Balaban J connectivity index is 1.78. The van der Waals surface area contributed by atoms with Gasteiger partial charge in [-0.1, -0.05) is 41.9 Å². The van der Waals surface area contributed by atoms with Crippen LogP contribution in [-0.2, 0) is 14.8 Å². The monoisotopic (exact) mass is 430 g/mol. The summed E-state index contributed by atoms with van der Waals surface area (Å²) < 4.78 is 31.2. The van der Waals surface area contributed by atoms with Crippen LogP contribution in [0.5, 0.6) is 11.5 Å². The Morgan fingerprint density at radius 2 is 1.59 bits per heavy atom. The molecule has 0 aromatic heterocycles. The molecule has 0 saturated heterocycles. The number of halogens is 1. The average Bonchev–Trinajstić information content (AvgIpc) is 2.68. The van der Waals surface area contributed by atoms with Gasteiger partial charge in [-0.25, -0.2) is 8.42 Å². The first-order chi connectivity index (χ1) is 13.8. The highest BCUT2D eigenvalue weighted by atomic mass is 35.5. The van der Waals surface area contributed by atoms with E-state index in [1.807, 2.05) is 18.2 Å². The van der Waals surface area contributed by atoms with Crippen molar-refractivity contribution >= 4 is 38.9 Å². The smallest absolute Gasteiger partial charge is 0.245 e. The molecule has 1 amide bonds. The molecule has 150 valence electrons. The number of amides is 1. The van der Waals surface area contributed by atoms with Gasteiger partial charge >= 0.3 is 0 Å². The van der Waals surface area contributed by atoms with Gasteiger partial charge in [-0.05, 0) is 48.5 Å². The number of hydrogen-bond donors (Lipinski definition) is 1. The Labute approximate surface area is 174 Å². The van der Waals surface area contributed by atoms with E-state index in [9.17, 15) is 13.2 Å². The summed E-state index contributed by atoms with van der Waals surface area (Å²) in [5, 5.41) is 3.19. The third-order valence-corrected chi connectivity index (χ3v) is 5.33. The number of ether oxygens (including phenoxy) is 1. The maximum atomic E-state index is 12.6. The van der Waals surface area contributed by atoms with E-state index in [1.165, 1.54) is 0 Å². The fraction of sp³-hybridized carbons (Fsp3) is 0.0952. The number of hydrogen-bond acceptors (Lipinski definition) is 4. The number of nitrogens with one attached hydrogen (secondary N) is 1. The molecule has 0 aliphatic rings. The van der Waals surface area contributed by atoms with Crippen molar-refractivity contribution in [3.63, 3.8) is 0 Å². The first-order valence-electron chi connectivity index (χ1n) is 8.68. The Morgan fingerprint density at radius 3 is 2.24 bits per heavy atom. The van der Waals surface area contributed by atoms with Crippen LogP contribution in [0.25, 0.3) is 0 Å². The molecule has 0 aliphatic carbocycles. The summed E-state index contributed by atoms with van der Waals surface area (Å²) in [4.78, 5) is 12.6. The third-order valence-electron chi connectivity index (χ3n) is 3.93. The number of rotatable bonds is 7. The van der Waals surface area contributed by atoms with Gasteiger partial charge in [-0.2, -0.15) is 0 Å². The molecule has 29 heavy (non-hydrogen) atoms. The van der Waals surface area contributed by atoms with Gasteiger partial charge < -0.3 is 10.1 Å². The first-order valence-corrected chi connectivity index (χ1v) is 10.9. The topological polar surface area (TPSA) is 75.7 Å². The lowest BCUT2D eigenvalue weighted by Gasteiger charge is -2.22. The maximum absolute atomic E-state index is 12.6. The molecule has 0 saturated carbocycles. The molecular formula is C21H19ClN2O4S.